The Morgan fingerprint density at radius 1 is 1.50 bits per heavy atom. The lowest BCUT2D eigenvalue weighted by molar-refractivity contribution is 0.0393. The van der Waals surface area contributed by atoms with Gasteiger partial charge in [-0.2, -0.15) is 0 Å². The maximum atomic E-state index is 11.6. The van der Waals surface area contributed by atoms with Crippen LogP contribution in [0.25, 0.3) is 0 Å². The molecule has 90 valence electrons. The van der Waals surface area contributed by atoms with E-state index >= 15 is 0 Å². The Labute approximate surface area is 99.1 Å². The summed E-state index contributed by atoms with van der Waals surface area (Å²) in [5, 5.41) is 1.80. The Morgan fingerprint density at radius 2 is 2.25 bits per heavy atom. The second-order valence-electron chi connectivity index (χ2n) is 3.29. The zero-order valence-electron chi connectivity index (χ0n) is 9.69. The number of carbonyl (C=O) groups is 1. The highest BCUT2D eigenvalue weighted by Crippen LogP contribution is 2.25. The minimum absolute atomic E-state index is 0.0954. The van der Waals surface area contributed by atoms with Gasteiger partial charge in [-0.15, -0.1) is 11.3 Å². The third-order valence-corrected chi connectivity index (χ3v) is 3.07. The summed E-state index contributed by atoms with van der Waals surface area (Å²) < 4.78 is 15.2. The van der Waals surface area contributed by atoms with E-state index < -0.39 is 0 Å². The van der Waals surface area contributed by atoms with Crippen molar-refractivity contribution in [3.05, 3.63) is 16.3 Å². The lowest BCUT2D eigenvalue weighted by Gasteiger charge is -2.09. The smallest absolute Gasteiger partial charge is 0.352 e. The lowest BCUT2D eigenvalue weighted by Crippen LogP contribution is -2.12. The molecule has 0 saturated heterocycles. The topological polar surface area (TPSA) is 44.8 Å². The molecule has 0 fully saturated rings. The molecule has 0 saturated carbocycles. The van der Waals surface area contributed by atoms with Gasteiger partial charge < -0.3 is 14.2 Å². The summed E-state index contributed by atoms with van der Waals surface area (Å²) in [4.78, 5) is 12.1. The standard InChI is InChI=1S/C11H16O4S/c1-8(13-2)4-6-15-11(12)10-9(14-3)5-7-16-10/h5,7-8H,4,6H2,1-3H3/t8-/m0/s1. The average molecular weight is 244 g/mol. The maximum absolute atomic E-state index is 11.6. The quantitative estimate of drug-likeness (QED) is 0.720. The Morgan fingerprint density at radius 3 is 2.88 bits per heavy atom. The molecule has 4 nitrogen and oxygen atoms in total. The SMILES string of the molecule is COc1ccsc1C(=O)OCC[C@H](C)OC. The Hall–Kier alpha value is -1.07. The van der Waals surface area contributed by atoms with Crippen molar-refractivity contribution in [2.75, 3.05) is 20.8 Å². The van der Waals surface area contributed by atoms with E-state index in [4.69, 9.17) is 14.2 Å². The van der Waals surface area contributed by atoms with Gasteiger partial charge in [0.1, 0.15) is 5.75 Å². The Balaban J connectivity index is 2.41. The molecule has 0 amide bonds. The molecule has 0 radical (unpaired) electrons. The van der Waals surface area contributed by atoms with E-state index in [1.165, 1.54) is 18.4 Å². The maximum Gasteiger partial charge on any atom is 0.352 e. The molecule has 0 unspecified atom stereocenters. The largest absolute Gasteiger partial charge is 0.495 e. The first kappa shape index (κ1) is 13.0. The highest BCUT2D eigenvalue weighted by atomic mass is 32.1. The molecular weight excluding hydrogens is 228 g/mol. The molecule has 1 atom stereocenters. The summed E-state index contributed by atoms with van der Waals surface area (Å²) in [5.74, 6) is 0.227. The summed E-state index contributed by atoms with van der Waals surface area (Å²) in [6.45, 7) is 2.29. The number of esters is 1. The van der Waals surface area contributed by atoms with Crippen LogP contribution in [-0.2, 0) is 9.47 Å². The van der Waals surface area contributed by atoms with Gasteiger partial charge in [-0.25, -0.2) is 4.79 Å². The second kappa shape index (κ2) is 6.50. The molecule has 0 aromatic carbocycles. The van der Waals surface area contributed by atoms with Crippen molar-refractivity contribution in [2.45, 2.75) is 19.4 Å². The summed E-state index contributed by atoms with van der Waals surface area (Å²) in [5.41, 5.74) is 0. The molecule has 1 heterocycles. The van der Waals surface area contributed by atoms with Crippen LogP contribution in [-0.4, -0.2) is 32.9 Å². The number of thiophene rings is 1. The van der Waals surface area contributed by atoms with Gasteiger partial charge in [-0.3, -0.25) is 0 Å². The Kier molecular flexibility index (Phi) is 5.28. The zero-order valence-corrected chi connectivity index (χ0v) is 10.5. The van der Waals surface area contributed by atoms with Crippen LogP contribution in [0.2, 0.25) is 0 Å². The number of hydrogen-bond acceptors (Lipinski definition) is 5. The van der Waals surface area contributed by atoms with E-state index in [-0.39, 0.29) is 12.1 Å². The van der Waals surface area contributed by atoms with Gasteiger partial charge in [0.15, 0.2) is 4.88 Å². The Bertz CT molecular complexity index is 334. The van der Waals surface area contributed by atoms with Gasteiger partial charge in [0.05, 0.1) is 19.8 Å². The minimum Gasteiger partial charge on any atom is -0.495 e. The van der Waals surface area contributed by atoms with Crippen LogP contribution < -0.4 is 4.74 Å². The average Bonchev–Trinajstić information content (AvgIpc) is 2.76. The summed E-state index contributed by atoms with van der Waals surface area (Å²) in [6, 6.07) is 1.75. The number of rotatable bonds is 6. The fourth-order valence-electron chi connectivity index (χ4n) is 1.11. The molecule has 0 aliphatic carbocycles. The van der Waals surface area contributed by atoms with Crippen LogP contribution in [0.3, 0.4) is 0 Å². The van der Waals surface area contributed by atoms with Gasteiger partial charge in [-0.1, -0.05) is 0 Å². The van der Waals surface area contributed by atoms with Gasteiger partial charge >= 0.3 is 5.97 Å². The molecule has 5 heteroatoms. The highest BCUT2D eigenvalue weighted by Gasteiger charge is 2.15. The molecule has 16 heavy (non-hydrogen) atoms. The van der Waals surface area contributed by atoms with Crippen LogP contribution in [0.15, 0.2) is 11.4 Å². The van der Waals surface area contributed by atoms with Gasteiger partial charge in [0.25, 0.3) is 0 Å². The number of carbonyl (C=O) groups excluding carboxylic acids is 1. The molecule has 1 aromatic heterocycles. The molecule has 0 aliphatic heterocycles. The first-order valence-corrected chi connectivity index (χ1v) is 5.88. The summed E-state index contributed by atoms with van der Waals surface area (Å²) in [6.07, 6.45) is 0.786. The first-order valence-electron chi connectivity index (χ1n) is 5.00. The summed E-state index contributed by atoms with van der Waals surface area (Å²) in [7, 11) is 3.17. The molecular formula is C11H16O4S. The number of hydrogen-bond donors (Lipinski definition) is 0. The predicted octanol–water partition coefficient (Wildman–Crippen LogP) is 2.34. The van der Waals surface area contributed by atoms with Crippen molar-refractivity contribution in [3.63, 3.8) is 0 Å². The fourth-order valence-corrected chi connectivity index (χ4v) is 1.86. The minimum atomic E-state index is -0.338. The van der Waals surface area contributed by atoms with Crippen molar-refractivity contribution in [2.24, 2.45) is 0 Å². The van der Waals surface area contributed by atoms with Crippen LogP contribution in [0, 0.1) is 0 Å². The van der Waals surface area contributed by atoms with E-state index in [1.54, 1.807) is 18.6 Å². The van der Waals surface area contributed by atoms with Gasteiger partial charge in [0, 0.05) is 13.5 Å². The lowest BCUT2D eigenvalue weighted by atomic mass is 10.3. The van der Waals surface area contributed by atoms with Gasteiger partial charge in [-0.05, 0) is 18.4 Å². The van der Waals surface area contributed by atoms with Crippen LogP contribution in [0.4, 0.5) is 0 Å². The van der Waals surface area contributed by atoms with Crippen molar-refractivity contribution < 1.29 is 19.0 Å². The van der Waals surface area contributed by atoms with E-state index in [0.29, 0.717) is 23.7 Å². The van der Waals surface area contributed by atoms with E-state index in [0.717, 1.165) is 0 Å². The molecule has 0 aliphatic rings. The van der Waals surface area contributed by atoms with Crippen molar-refractivity contribution in [3.8, 4) is 5.75 Å². The van der Waals surface area contributed by atoms with E-state index in [1.807, 2.05) is 6.92 Å². The van der Waals surface area contributed by atoms with Gasteiger partial charge in [0.2, 0.25) is 0 Å². The molecule has 1 aromatic rings. The molecule has 0 N–H and O–H groups in total. The van der Waals surface area contributed by atoms with E-state index in [2.05, 4.69) is 0 Å². The number of ether oxygens (including phenoxy) is 3. The van der Waals surface area contributed by atoms with Crippen LogP contribution in [0.1, 0.15) is 23.0 Å². The van der Waals surface area contributed by atoms with Crippen LogP contribution >= 0.6 is 11.3 Å². The summed E-state index contributed by atoms with van der Waals surface area (Å²) >= 11 is 1.32. The highest BCUT2D eigenvalue weighted by molar-refractivity contribution is 7.12. The van der Waals surface area contributed by atoms with Crippen molar-refractivity contribution in [1.82, 2.24) is 0 Å². The normalized spacial score (nSPS) is 12.2. The third-order valence-electron chi connectivity index (χ3n) is 2.19. The van der Waals surface area contributed by atoms with Crippen LogP contribution in [0.5, 0.6) is 5.75 Å². The second-order valence-corrected chi connectivity index (χ2v) is 4.21. The number of methoxy groups -OCH3 is 2. The predicted molar refractivity (Wildman–Crippen MR) is 62.2 cm³/mol. The third kappa shape index (κ3) is 3.50. The van der Waals surface area contributed by atoms with Crippen molar-refractivity contribution in [1.29, 1.82) is 0 Å². The molecule has 1 rings (SSSR count). The zero-order chi connectivity index (χ0) is 12.0. The van der Waals surface area contributed by atoms with E-state index in [9.17, 15) is 4.79 Å². The monoisotopic (exact) mass is 244 g/mol. The van der Waals surface area contributed by atoms with Crippen molar-refractivity contribution >= 4 is 17.3 Å². The fraction of sp³-hybridized carbons (Fsp3) is 0.545. The molecule has 0 spiro atoms. The molecule has 0 bridgehead atoms. The first-order chi connectivity index (χ1) is 7.69.